The van der Waals surface area contributed by atoms with Crippen LogP contribution in [0.25, 0.3) is 0 Å². The van der Waals surface area contributed by atoms with Gasteiger partial charge in [0, 0.05) is 36.6 Å². The maximum atomic E-state index is 13.0. The van der Waals surface area contributed by atoms with Crippen molar-refractivity contribution < 1.29 is 18.0 Å². The predicted octanol–water partition coefficient (Wildman–Crippen LogP) is 3.95. The molecule has 1 aliphatic heterocycles. The van der Waals surface area contributed by atoms with Gasteiger partial charge >= 0.3 is 0 Å². The van der Waals surface area contributed by atoms with E-state index in [2.05, 4.69) is 16.7 Å². The van der Waals surface area contributed by atoms with E-state index in [0.717, 1.165) is 17.7 Å². The van der Waals surface area contributed by atoms with E-state index in [4.69, 9.17) is 0 Å². The van der Waals surface area contributed by atoms with E-state index >= 15 is 0 Å². The summed E-state index contributed by atoms with van der Waals surface area (Å²) >= 11 is 1.62. The zero-order valence-electron chi connectivity index (χ0n) is 18.9. The van der Waals surface area contributed by atoms with E-state index in [1.54, 1.807) is 23.5 Å². The van der Waals surface area contributed by atoms with Gasteiger partial charge in [-0.2, -0.15) is 4.31 Å². The number of aryl methyl sites for hydroxylation is 2. The van der Waals surface area contributed by atoms with Gasteiger partial charge in [0.05, 0.1) is 9.77 Å². The molecule has 178 valence electrons. The van der Waals surface area contributed by atoms with Crippen molar-refractivity contribution >= 4 is 38.9 Å². The van der Waals surface area contributed by atoms with Gasteiger partial charge in [0.15, 0.2) is 0 Å². The molecule has 0 spiro atoms. The van der Waals surface area contributed by atoms with E-state index in [1.807, 2.05) is 0 Å². The van der Waals surface area contributed by atoms with Crippen LogP contribution in [0, 0.1) is 0 Å². The number of thiophene rings is 1. The lowest BCUT2D eigenvalue weighted by Crippen LogP contribution is -2.46. The Morgan fingerprint density at radius 2 is 1.67 bits per heavy atom. The van der Waals surface area contributed by atoms with Crippen LogP contribution in [0.5, 0.6) is 0 Å². The van der Waals surface area contributed by atoms with E-state index in [9.17, 15) is 18.0 Å². The molecular formula is C24H31N3O4S2. The number of fused-ring (bicyclic) bond motifs is 1. The molecule has 1 saturated heterocycles. The summed E-state index contributed by atoms with van der Waals surface area (Å²) in [5, 5.41) is 5.76. The van der Waals surface area contributed by atoms with Crippen molar-refractivity contribution in [3.8, 4) is 0 Å². The maximum Gasteiger partial charge on any atom is 0.261 e. The number of amides is 2. The van der Waals surface area contributed by atoms with E-state index in [0.29, 0.717) is 31.6 Å². The summed E-state index contributed by atoms with van der Waals surface area (Å²) in [6, 6.07) is 8.23. The molecule has 2 heterocycles. The lowest BCUT2D eigenvalue weighted by molar-refractivity contribution is -0.114. The number of carbonyl (C=O) groups excluding carboxylic acids is 2. The highest BCUT2D eigenvalue weighted by Crippen LogP contribution is 2.29. The molecule has 0 atom stereocenters. The fourth-order valence-electron chi connectivity index (χ4n) is 4.52. The number of benzene rings is 1. The summed E-state index contributed by atoms with van der Waals surface area (Å²) in [5.41, 5.74) is 1.89. The van der Waals surface area contributed by atoms with E-state index in [-0.39, 0.29) is 22.8 Å². The van der Waals surface area contributed by atoms with Crippen LogP contribution in [0.3, 0.4) is 0 Å². The number of piperidine rings is 1. The highest BCUT2D eigenvalue weighted by Gasteiger charge is 2.30. The number of rotatable bonds is 5. The number of sulfonamides is 1. The molecule has 0 radical (unpaired) electrons. The van der Waals surface area contributed by atoms with Gasteiger partial charge in [0.1, 0.15) is 0 Å². The zero-order chi connectivity index (χ0) is 23.4. The Morgan fingerprint density at radius 1 is 1.00 bits per heavy atom. The third kappa shape index (κ3) is 5.83. The monoisotopic (exact) mass is 489 g/mol. The first-order valence-corrected chi connectivity index (χ1v) is 13.9. The Balaban J connectivity index is 1.33. The molecule has 1 aliphatic carbocycles. The number of anilines is 1. The lowest BCUT2D eigenvalue weighted by Gasteiger charge is -2.31. The van der Waals surface area contributed by atoms with Gasteiger partial charge in [-0.3, -0.25) is 9.59 Å². The van der Waals surface area contributed by atoms with Crippen molar-refractivity contribution in [2.45, 2.75) is 69.2 Å². The molecule has 9 heteroatoms. The van der Waals surface area contributed by atoms with Crippen LogP contribution in [-0.2, 0) is 27.7 Å². The highest BCUT2D eigenvalue weighted by molar-refractivity contribution is 7.89. The molecule has 2 N–H and O–H groups in total. The molecule has 1 aromatic carbocycles. The summed E-state index contributed by atoms with van der Waals surface area (Å²) in [7, 11) is -3.61. The Labute approximate surface area is 199 Å². The minimum Gasteiger partial charge on any atom is -0.349 e. The highest BCUT2D eigenvalue weighted by atomic mass is 32.2. The maximum absolute atomic E-state index is 13.0. The fourth-order valence-corrected chi connectivity index (χ4v) is 7.14. The Hall–Kier alpha value is -2.23. The second-order valence-electron chi connectivity index (χ2n) is 8.83. The SMILES string of the molecule is CC(=O)Nc1ccc(S(=O)(=O)N2CCC(NC(=O)c3cc4c(s3)CCCCCC4)CC2)cc1. The predicted molar refractivity (Wildman–Crippen MR) is 130 cm³/mol. The summed E-state index contributed by atoms with van der Waals surface area (Å²) < 4.78 is 27.5. The largest absolute Gasteiger partial charge is 0.349 e. The van der Waals surface area contributed by atoms with Crippen molar-refractivity contribution in [2.75, 3.05) is 18.4 Å². The molecule has 1 aromatic heterocycles. The lowest BCUT2D eigenvalue weighted by atomic mass is 9.99. The average molecular weight is 490 g/mol. The normalized spacial score (nSPS) is 18.1. The number of nitrogens with one attached hydrogen (secondary N) is 2. The Bertz CT molecular complexity index is 1080. The molecule has 1 fully saturated rings. The van der Waals surface area contributed by atoms with Crippen molar-refractivity contribution in [3.05, 3.63) is 45.6 Å². The van der Waals surface area contributed by atoms with Crippen molar-refractivity contribution in [3.63, 3.8) is 0 Å². The van der Waals surface area contributed by atoms with Crippen LogP contribution < -0.4 is 10.6 Å². The standard InChI is InChI=1S/C24H31N3O4S2/c1-17(28)25-19-8-10-21(11-9-19)33(30,31)27-14-12-20(13-15-27)26-24(29)23-16-18-6-4-2-3-5-7-22(18)32-23/h8-11,16,20H,2-7,12-15H2,1H3,(H,25,28)(H,26,29). The van der Waals surface area contributed by atoms with Crippen LogP contribution >= 0.6 is 11.3 Å². The average Bonchev–Trinajstić information content (AvgIpc) is 3.16. The first kappa shape index (κ1) is 23.9. The van der Waals surface area contributed by atoms with Crippen LogP contribution in [0.1, 0.15) is 65.6 Å². The Kier molecular flexibility index (Phi) is 7.51. The van der Waals surface area contributed by atoms with Gasteiger partial charge in [0.25, 0.3) is 5.91 Å². The minimum atomic E-state index is -3.61. The molecule has 2 aromatic rings. The van der Waals surface area contributed by atoms with Crippen LogP contribution in [0.15, 0.2) is 35.2 Å². The molecule has 33 heavy (non-hydrogen) atoms. The fraction of sp³-hybridized carbons (Fsp3) is 0.500. The second-order valence-corrected chi connectivity index (χ2v) is 11.9. The van der Waals surface area contributed by atoms with Crippen molar-refractivity contribution in [2.24, 2.45) is 0 Å². The first-order chi connectivity index (χ1) is 15.8. The van der Waals surface area contributed by atoms with Gasteiger partial charge in [-0.15, -0.1) is 11.3 Å². The van der Waals surface area contributed by atoms with Gasteiger partial charge in [-0.05, 0) is 74.4 Å². The number of carbonyl (C=O) groups is 2. The molecule has 7 nitrogen and oxygen atoms in total. The summed E-state index contributed by atoms with van der Waals surface area (Å²) in [6.45, 7) is 2.13. The van der Waals surface area contributed by atoms with E-state index < -0.39 is 10.0 Å². The van der Waals surface area contributed by atoms with Gasteiger partial charge in [0.2, 0.25) is 15.9 Å². The first-order valence-electron chi connectivity index (χ1n) is 11.6. The number of hydrogen-bond acceptors (Lipinski definition) is 5. The van der Waals surface area contributed by atoms with Crippen LogP contribution in [0.4, 0.5) is 5.69 Å². The third-order valence-corrected chi connectivity index (χ3v) is 9.47. The molecule has 4 rings (SSSR count). The Morgan fingerprint density at radius 3 is 2.33 bits per heavy atom. The van der Waals surface area contributed by atoms with Crippen molar-refractivity contribution in [1.82, 2.24) is 9.62 Å². The summed E-state index contributed by atoms with van der Waals surface area (Å²) in [6.07, 6.45) is 8.19. The third-order valence-electron chi connectivity index (χ3n) is 6.32. The molecule has 0 bridgehead atoms. The van der Waals surface area contributed by atoms with Crippen LogP contribution in [-0.4, -0.2) is 43.7 Å². The number of hydrogen-bond donors (Lipinski definition) is 2. The van der Waals surface area contributed by atoms with E-state index in [1.165, 1.54) is 59.5 Å². The second kappa shape index (κ2) is 10.4. The molecule has 2 aliphatic rings. The van der Waals surface area contributed by atoms with Crippen LogP contribution in [0.2, 0.25) is 0 Å². The van der Waals surface area contributed by atoms with Crippen molar-refractivity contribution in [1.29, 1.82) is 0 Å². The molecular weight excluding hydrogens is 458 g/mol. The molecule has 0 saturated carbocycles. The number of nitrogens with zero attached hydrogens (tertiary/aromatic N) is 1. The zero-order valence-corrected chi connectivity index (χ0v) is 20.6. The van der Waals surface area contributed by atoms with Gasteiger partial charge < -0.3 is 10.6 Å². The smallest absolute Gasteiger partial charge is 0.261 e. The van der Waals surface area contributed by atoms with Gasteiger partial charge in [-0.1, -0.05) is 12.8 Å². The minimum absolute atomic E-state index is 0.0317. The summed E-state index contributed by atoms with van der Waals surface area (Å²) in [5.74, 6) is -0.245. The molecule has 0 unspecified atom stereocenters. The topological polar surface area (TPSA) is 95.6 Å². The summed E-state index contributed by atoms with van der Waals surface area (Å²) in [4.78, 5) is 26.3. The molecule has 2 amide bonds. The van der Waals surface area contributed by atoms with Gasteiger partial charge in [-0.25, -0.2) is 8.42 Å². The quantitative estimate of drug-likeness (QED) is 0.665.